The van der Waals surface area contributed by atoms with E-state index in [-0.39, 0.29) is 24.7 Å². The molecule has 2 N–H and O–H groups in total. The number of amides is 2. The van der Waals surface area contributed by atoms with Gasteiger partial charge in [0.15, 0.2) is 0 Å². The number of benzene rings is 2. The molecule has 0 atom stereocenters. The molecule has 2 aromatic carbocycles. The standard InChI is InChI=1S/C16H16N2O2/c19-15(17-13-7-3-1-4-8-13)11-12-16(20)18-14-9-5-2-6-10-14/h1-10H,11-12H2,(H,17,19)(H,18,20). The lowest BCUT2D eigenvalue weighted by Crippen LogP contribution is -2.17. The smallest absolute Gasteiger partial charge is 0.224 e. The Morgan fingerprint density at radius 1 is 0.650 bits per heavy atom. The van der Waals surface area contributed by atoms with E-state index in [1.165, 1.54) is 0 Å². The van der Waals surface area contributed by atoms with Crippen molar-refractivity contribution in [1.29, 1.82) is 0 Å². The number of hydrogen-bond acceptors (Lipinski definition) is 2. The van der Waals surface area contributed by atoms with Crippen molar-refractivity contribution >= 4 is 23.2 Å². The highest BCUT2D eigenvalue weighted by Gasteiger charge is 2.07. The van der Waals surface area contributed by atoms with E-state index in [9.17, 15) is 9.59 Å². The van der Waals surface area contributed by atoms with E-state index >= 15 is 0 Å². The van der Waals surface area contributed by atoms with Crippen molar-refractivity contribution < 1.29 is 9.59 Å². The maximum absolute atomic E-state index is 11.7. The van der Waals surface area contributed by atoms with Gasteiger partial charge in [0.25, 0.3) is 0 Å². The Hall–Kier alpha value is -2.62. The van der Waals surface area contributed by atoms with Gasteiger partial charge in [0.1, 0.15) is 0 Å². The van der Waals surface area contributed by atoms with Crippen LogP contribution in [-0.2, 0) is 9.59 Å². The summed E-state index contributed by atoms with van der Waals surface area (Å²) in [5, 5.41) is 5.48. The first-order valence-electron chi connectivity index (χ1n) is 6.44. The summed E-state index contributed by atoms with van der Waals surface area (Å²) in [4.78, 5) is 23.4. The fourth-order valence-electron chi connectivity index (χ4n) is 1.72. The van der Waals surface area contributed by atoms with E-state index in [1.54, 1.807) is 0 Å². The number of nitrogens with one attached hydrogen (secondary N) is 2. The number of anilines is 2. The molecular weight excluding hydrogens is 252 g/mol. The molecule has 0 aliphatic heterocycles. The van der Waals surface area contributed by atoms with Gasteiger partial charge in [-0.15, -0.1) is 0 Å². The highest BCUT2D eigenvalue weighted by atomic mass is 16.2. The first kappa shape index (κ1) is 13.8. The zero-order chi connectivity index (χ0) is 14.2. The van der Waals surface area contributed by atoms with Gasteiger partial charge in [-0.3, -0.25) is 9.59 Å². The van der Waals surface area contributed by atoms with Crippen LogP contribution in [0.3, 0.4) is 0 Å². The average molecular weight is 268 g/mol. The number of carbonyl (C=O) groups excluding carboxylic acids is 2. The van der Waals surface area contributed by atoms with Crippen LogP contribution in [0.5, 0.6) is 0 Å². The molecule has 2 rings (SSSR count). The van der Waals surface area contributed by atoms with Gasteiger partial charge in [0, 0.05) is 24.2 Å². The van der Waals surface area contributed by atoms with E-state index in [0.29, 0.717) is 0 Å². The van der Waals surface area contributed by atoms with Crippen LogP contribution in [0.2, 0.25) is 0 Å². The van der Waals surface area contributed by atoms with Gasteiger partial charge in [0.2, 0.25) is 11.8 Å². The number of hydrogen-bond donors (Lipinski definition) is 2. The Kier molecular flexibility index (Phi) is 4.89. The van der Waals surface area contributed by atoms with E-state index in [2.05, 4.69) is 10.6 Å². The van der Waals surface area contributed by atoms with Crippen molar-refractivity contribution in [2.24, 2.45) is 0 Å². The molecule has 0 saturated carbocycles. The molecule has 0 aliphatic carbocycles. The molecule has 102 valence electrons. The topological polar surface area (TPSA) is 58.2 Å². The molecule has 0 saturated heterocycles. The van der Waals surface area contributed by atoms with Gasteiger partial charge in [-0.1, -0.05) is 36.4 Å². The maximum Gasteiger partial charge on any atom is 0.224 e. The predicted molar refractivity (Wildman–Crippen MR) is 79.4 cm³/mol. The summed E-state index contributed by atoms with van der Waals surface area (Å²) in [5.74, 6) is -0.334. The van der Waals surface area contributed by atoms with Gasteiger partial charge in [-0.25, -0.2) is 0 Å². The summed E-state index contributed by atoms with van der Waals surface area (Å²) in [7, 11) is 0. The van der Waals surface area contributed by atoms with Crippen molar-refractivity contribution in [3.05, 3.63) is 60.7 Å². The minimum absolute atomic E-state index is 0.160. The molecule has 0 spiro atoms. The van der Waals surface area contributed by atoms with Gasteiger partial charge < -0.3 is 10.6 Å². The molecular formula is C16H16N2O2. The van der Waals surface area contributed by atoms with Gasteiger partial charge in [-0.2, -0.15) is 0 Å². The van der Waals surface area contributed by atoms with Crippen LogP contribution < -0.4 is 10.6 Å². The summed E-state index contributed by atoms with van der Waals surface area (Å²) in [6.07, 6.45) is 0.321. The second-order valence-corrected chi connectivity index (χ2v) is 4.33. The average Bonchev–Trinajstić information content (AvgIpc) is 2.47. The fourth-order valence-corrected chi connectivity index (χ4v) is 1.72. The normalized spacial score (nSPS) is 9.80. The largest absolute Gasteiger partial charge is 0.326 e. The first-order valence-corrected chi connectivity index (χ1v) is 6.44. The highest BCUT2D eigenvalue weighted by Crippen LogP contribution is 2.08. The molecule has 4 nitrogen and oxygen atoms in total. The minimum atomic E-state index is -0.167. The highest BCUT2D eigenvalue weighted by molar-refractivity contribution is 5.96. The first-order chi connectivity index (χ1) is 9.74. The third kappa shape index (κ3) is 4.57. The molecule has 0 aromatic heterocycles. The second kappa shape index (κ2) is 7.09. The number of para-hydroxylation sites is 2. The van der Waals surface area contributed by atoms with Crippen molar-refractivity contribution in [3.63, 3.8) is 0 Å². The molecule has 0 radical (unpaired) electrons. The van der Waals surface area contributed by atoms with Crippen molar-refractivity contribution in [2.75, 3.05) is 10.6 Å². The number of rotatable bonds is 5. The van der Waals surface area contributed by atoms with Crippen molar-refractivity contribution in [2.45, 2.75) is 12.8 Å². The van der Waals surface area contributed by atoms with Crippen LogP contribution in [0.15, 0.2) is 60.7 Å². The Balaban J connectivity index is 1.75. The lowest BCUT2D eigenvalue weighted by atomic mass is 10.2. The summed E-state index contributed by atoms with van der Waals surface area (Å²) in [5.41, 5.74) is 1.47. The molecule has 20 heavy (non-hydrogen) atoms. The van der Waals surface area contributed by atoms with Crippen LogP contribution >= 0.6 is 0 Å². The van der Waals surface area contributed by atoms with Crippen LogP contribution in [-0.4, -0.2) is 11.8 Å². The van der Waals surface area contributed by atoms with E-state index in [4.69, 9.17) is 0 Å². The van der Waals surface area contributed by atoms with E-state index < -0.39 is 0 Å². The van der Waals surface area contributed by atoms with Crippen molar-refractivity contribution in [3.8, 4) is 0 Å². The lowest BCUT2D eigenvalue weighted by Gasteiger charge is -2.06. The molecule has 0 fully saturated rings. The van der Waals surface area contributed by atoms with E-state index in [0.717, 1.165) is 11.4 Å². The maximum atomic E-state index is 11.7. The Bertz CT molecular complexity index is 514. The summed E-state index contributed by atoms with van der Waals surface area (Å²) in [6, 6.07) is 18.4. The molecule has 2 aromatic rings. The van der Waals surface area contributed by atoms with Crippen LogP contribution in [0.25, 0.3) is 0 Å². The Morgan fingerprint density at radius 3 is 1.35 bits per heavy atom. The van der Waals surface area contributed by atoms with Gasteiger partial charge in [0.05, 0.1) is 0 Å². The molecule has 0 aliphatic rings. The molecule has 0 bridgehead atoms. The molecule has 4 heteroatoms. The zero-order valence-corrected chi connectivity index (χ0v) is 11.0. The third-order valence-electron chi connectivity index (χ3n) is 2.69. The van der Waals surface area contributed by atoms with Gasteiger partial charge in [-0.05, 0) is 24.3 Å². The van der Waals surface area contributed by atoms with Crippen LogP contribution in [0.1, 0.15) is 12.8 Å². The summed E-state index contributed by atoms with van der Waals surface area (Å²) >= 11 is 0. The zero-order valence-electron chi connectivity index (χ0n) is 11.0. The van der Waals surface area contributed by atoms with Crippen LogP contribution in [0.4, 0.5) is 11.4 Å². The second-order valence-electron chi connectivity index (χ2n) is 4.33. The summed E-state index contributed by atoms with van der Waals surface area (Å²) < 4.78 is 0. The summed E-state index contributed by atoms with van der Waals surface area (Å²) in [6.45, 7) is 0. The quantitative estimate of drug-likeness (QED) is 0.875. The van der Waals surface area contributed by atoms with Gasteiger partial charge >= 0.3 is 0 Å². The Morgan fingerprint density at radius 2 is 1.00 bits per heavy atom. The van der Waals surface area contributed by atoms with E-state index in [1.807, 2.05) is 60.7 Å². The fraction of sp³-hybridized carbons (Fsp3) is 0.125. The Labute approximate surface area is 117 Å². The SMILES string of the molecule is O=C(CCC(=O)Nc1ccccc1)Nc1ccccc1. The third-order valence-corrected chi connectivity index (χ3v) is 2.69. The van der Waals surface area contributed by atoms with Crippen molar-refractivity contribution in [1.82, 2.24) is 0 Å². The molecule has 0 heterocycles. The molecule has 2 amide bonds. The lowest BCUT2D eigenvalue weighted by molar-refractivity contribution is -0.121. The molecule has 0 unspecified atom stereocenters. The van der Waals surface area contributed by atoms with Crippen LogP contribution in [0, 0.1) is 0 Å². The predicted octanol–water partition coefficient (Wildman–Crippen LogP) is 3.04. The minimum Gasteiger partial charge on any atom is -0.326 e. The number of carbonyl (C=O) groups is 2. The monoisotopic (exact) mass is 268 g/mol.